The van der Waals surface area contributed by atoms with Gasteiger partial charge in [-0.05, 0) is 58.2 Å². The van der Waals surface area contributed by atoms with Crippen LogP contribution in [0, 0.1) is 6.92 Å². The number of carboxylic acids is 1. The summed E-state index contributed by atoms with van der Waals surface area (Å²) in [7, 11) is 0. The maximum atomic E-state index is 11.8. The third kappa shape index (κ3) is 8.46. The number of carboxylic acid groups (broad SMARTS) is 1. The maximum absolute atomic E-state index is 11.8. The van der Waals surface area contributed by atoms with Gasteiger partial charge in [-0.25, -0.2) is 9.59 Å². The van der Waals surface area contributed by atoms with Crippen LogP contribution in [0.5, 0.6) is 0 Å². The first-order chi connectivity index (χ1) is 11.6. The van der Waals surface area contributed by atoms with Crippen molar-refractivity contribution < 1.29 is 19.4 Å². The molecule has 6 heteroatoms. The van der Waals surface area contributed by atoms with E-state index in [0.717, 1.165) is 11.3 Å². The van der Waals surface area contributed by atoms with Gasteiger partial charge in [0.15, 0.2) is 0 Å². The summed E-state index contributed by atoms with van der Waals surface area (Å²) in [6.45, 7) is 10.8. The van der Waals surface area contributed by atoms with Gasteiger partial charge in [-0.3, -0.25) is 4.99 Å². The summed E-state index contributed by atoms with van der Waals surface area (Å²) in [6, 6.07) is 6.58. The van der Waals surface area contributed by atoms with Crippen LogP contribution in [0.25, 0.3) is 0 Å². The Morgan fingerprint density at radius 1 is 1.35 bits per heavy atom. The second-order valence-electron chi connectivity index (χ2n) is 6.67. The number of ether oxygens (including phenoxy) is 1. The zero-order valence-electron chi connectivity index (χ0n) is 15.2. The van der Waals surface area contributed by atoms with Crippen LogP contribution in [-0.2, 0) is 9.53 Å². The van der Waals surface area contributed by atoms with Crippen LogP contribution < -0.4 is 5.32 Å². The molecule has 0 fully saturated rings. The van der Waals surface area contributed by atoms with Crippen molar-refractivity contribution in [2.45, 2.75) is 59.6 Å². The van der Waals surface area contributed by atoms with Gasteiger partial charge in [0, 0.05) is 5.71 Å². The summed E-state index contributed by atoms with van der Waals surface area (Å²) in [4.78, 5) is 27.7. The molecule has 1 amide bonds. The first-order valence-corrected chi connectivity index (χ1v) is 8.10. The van der Waals surface area contributed by atoms with Crippen LogP contribution in [-0.4, -0.2) is 34.5 Å². The van der Waals surface area contributed by atoms with Crippen molar-refractivity contribution in [1.82, 2.24) is 5.32 Å². The first kappa shape index (κ1) is 23.4. The van der Waals surface area contributed by atoms with Crippen molar-refractivity contribution in [2.75, 3.05) is 0 Å². The van der Waals surface area contributed by atoms with E-state index in [1.54, 1.807) is 26.8 Å². The van der Waals surface area contributed by atoms with Gasteiger partial charge in [0.2, 0.25) is 0 Å². The SMILES string of the molecule is C.C=CC(CCC(NC(=O)OC(C)(C)C)C(=O)O)=Nc1ccccc1C. The fourth-order valence-corrected chi connectivity index (χ4v) is 2.05. The van der Waals surface area contributed by atoms with Crippen LogP contribution in [0.3, 0.4) is 0 Å². The molecule has 1 rings (SSSR count). The molecule has 0 aliphatic rings. The maximum Gasteiger partial charge on any atom is 0.408 e. The van der Waals surface area contributed by atoms with E-state index < -0.39 is 23.7 Å². The van der Waals surface area contributed by atoms with E-state index in [1.165, 1.54) is 0 Å². The van der Waals surface area contributed by atoms with Crippen LogP contribution in [0.2, 0.25) is 0 Å². The number of rotatable bonds is 7. The van der Waals surface area contributed by atoms with Crippen LogP contribution >= 0.6 is 0 Å². The second-order valence-corrected chi connectivity index (χ2v) is 6.67. The third-order valence-electron chi connectivity index (χ3n) is 3.29. The molecule has 0 heterocycles. The molecule has 1 unspecified atom stereocenters. The predicted molar refractivity (Wildman–Crippen MR) is 105 cm³/mol. The van der Waals surface area contributed by atoms with Gasteiger partial charge in [-0.2, -0.15) is 0 Å². The van der Waals surface area contributed by atoms with Gasteiger partial charge in [-0.15, -0.1) is 0 Å². The molecule has 0 aliphatic heterocycles. The van der Waals surface area contributed by atoms with Crippen molar-refractivity contribution in [1.29, 1.82) is 0 Å². The summed E-state index contributed by atoms with van der Waals surface area (Å²) in [5, 5.41) is 11.7. The molecular weight excluding hydrogens is 332 g/mol. The first-order valence-electron chi connectivity index (χ1n) is 8.10. The van der Waals surface area contributed by atoms with E-state index >= 15 is 0 Å². The Labute approximate surface area is 156 Å². The smallest absolute Gasteiger partial charge is 0.408 e. The van der Waals surface area contributed by atoms with Crippen LogP contribution in [0.15, 0.2) is 41.9 Å². The summed E-state index contributed by atoms with van der Waals surface area (Å²) >= 11 is 0. The molecule has 0 bridgehead atoms. The molecule has 0 radical (unpaired) electrons. The average molecular weight is 362 g/mol. The van der Waals surface area contributed by atoms with Crippen LogP contribution in [0.1, 0.15) is 46.6 Å². The monoisotopic (exact) mass is 362 g/mol. The lowest BCUT2D eigenvalue weighted by atomic mass is 10.1. The van der Waals surface area contributed by atoms with E-state index in [-0.39, 0.29) is 13.8 Å². The molecule has 0 saturated heterocycles. The van der Waals surface area contributed by atoms with E-state index in [1.807, 2.05) is 31.2 Å². The number of carbonyl (C=O) groups excluding carboxylic acids is 1. The molecule has 0 spiro atoms. The van der Waals surface area contributed by atoms with Gasteiger partial charge >= 0.3 is 12.1 Å². The Morgan fingerprint density at radius 3 is 2.46 bits per heavy atom. The zero-order valence-corrected chi connectivity index (χ0v) is 15.2. The molecule has 6 nitrogen and oxygen atoms in total. The minimum Gasteiger partial charge on any atom is -0.480 e. The lowest BCUT2D eigenvalue weighted by molar-refractivity contribution is -0.139. The molecule has 0 aliphatic carbocycles. The van der Waals surface area contributed by atoms with Gasteiger partial charge in [0.25, 0.3) is 0 Å². The summed E-state index contributed by atoms with van der Waals surface area (Å²) < 4.78 is 5.10. The number of carbonyl (C=O) groups is 2. The number of para-hydroxylation sites is 1. The number of alkyl carbamates (subject to hydrolysis) is 1. The lowest BCUT2D eigenvalue weighted by Gasteiger charge is -2.22. The Balaban J connectivity index is 0.00000625. The molecule has 1 aromatic carbocycles. The normalized spacial score (nSPS) is 12.5. The highest BCUT2D eigenvalue weighted by molar-refractivity contribution is 5.96. The summed E-state index contributed by atoms with van der Waals surface area (Å²) in [5.74, 6) is -1.12. The number of aliphatic carboxylic acids is 1. The highest BCUT2D eigenvalue weighted by Crippen LogP contribution is 2.18. The van der Waals surface area contributed by atoms with Gasteiger partial charge in [0.1, 0.15) is 11.6 Å². The zero-order chi connectivity index (χ0) is 19.0. The molecule has 0 saturated carbocycles. The highest BCUT2D eigenvalue weighted by Gasteiger charge is 2.23. The fraction of sp³-hybridized carbons (Fsp3) is 0.450. The summed E-state index contributed by atoms with van der Waals surface area (Å²) in [6.07, 6.45) is 1.39. The average Bonchev–Trinajstić information content (AvgIpc) is 2.49. The Kier molecular flexibility index (Phi) is 9.33. The van der Waals surface area contributed by atoms with E-state index in [0.29, 0.717) is 12.1 Å². The summed E-state index contributed by atoms with van der Waals surface area (Å²) in [5.41, 5.74) is 1.80. The number of amides is 1. The van der Waals surface area contributed by atoms with Crippen molar-refractivity contribution >= 4 is 23.5 Å². The van der Waals surface area contributed by atoms with Gasteiger partial charge in [-0.1, -0.05) is 32.2 Å². The van der Waals surface area contributed by atoms with Crippen LogP contribution in [0.4, 0.5) is 10.5 Å². The number of allylic oxidation sites excluding steroid dienone is 1. The van der Waals surface area contributed by atoms with Gasteiger partial charge < -0.3 is 15.2 Å². The van der Waals surface area contributed by atoms with E-state index in [4.69, 9.17) is 4.74 Å². The number of aryl methyl sites for hydroxylation is 1. The van der Waals surface area contributed by atoms with Crippen molar-refractivity contribution in [3.05, 3.63) is 42.5 Å². The van der Waals surface area contributed by atoms with Crippen molar-refractivity contribution in [2.24, 2.45) is 4.99 Å². The van der Waals surface area contributed by atoms with Gasteiger partial charge in [0.05, 0.1) is 5.69 Å². The lowest BCUT2D eigenvalue weighted by Crippen LogP contribution is -2.43. The Hall–Kier alpha value is -2.63. The number of nitrogens with one attached hydrogen (secondary N) is 1. The number of aliphatic imine (C=N–C) groups is 1. The number of hydrogen-bond donors (Lipinski definition) is 2. The third-order valence-corrected chi connectivity index (χ3v) is 3.29. The van der Waals surface area contributed by atoms with E-state index in [9.17, 15) is 14.7 Å². The topological polar surface area (TPSA) is 88.0 Å². The molecule has 26 heavy (non-hydrogen) atoms. The fourth-order valence-electron chi connectivity index (χ4n) is 2.05. The second kappa shape index (κ2) is 10.4. The van der Waals surface area contributed by atoms with Crippen molar-refractivity contribution in [3.8, 4) is 0 Å². The van der Waals surface area contributed by atoms with E-state index in [2.05, 4.69) is 16.9 Å². The Bertz CT molecular complexity index is 660. The quantitative estimate of drug-likeness (QED) is 0.691. The molecule has 1 atom stereocenters. The largest absolute Gasteiger partial charge is 0.480 e. The number of hydrogen-bond acceptors (Lipinski definition) is 4. The molecule has 144 valence electrons. The molecule has 1 aromatic rings. The number of nitrogens with zero attached hydrogens (tertiary/aromatic N) is 1. The standard InChI is InChI=1S/C19H26N2O4.CH4/c1-6-14(20-15-10-8-7-9-13(15)2)11-12-16(17(22)23)21-18(24)25-19(3,4)5;/h6-10,16H,1,11-12H2,2-5H3,(H,21,24)(H,22,23);1H4. The minimum atomic E-state index is -1.12. The molecule has 2 N–H and O–H groups in total. The Morgan fingerprint density at radius 2 is 1.96 bits per heavy atom. The minimum absolute atomic E-state index is 0. The number of benzene rings is 1. The molecular formula is C20H30N2O4. The molecule has 0 aromatic heterocycles. The highest BCUT2D eigenvalue weighted by atomic mass is 16.6. The predicted octanol–water partition coefficient (Wildman–Crippen LogP) is 4.65. The van der Waals surface area contributed by atoms with Crippen molar-refractivity contribution in [3.63, 3.8) is 0 Å².